The average Bonchev–Trinajstić information content (AvgIpc) is 2.47. The molecule has 0 radical (unpaired) electrons. The second-order valence-corrected chi connectivity index (χ2v) is 5.08. The van der Waals surface area contributed by atoms with Gasteiger partial charge in [-0.05, 0) is 12.5 Å². The molecule has 1 heterocycles. The van der Waals surface area contributed by atoms with Crippen LogP contribution < -0.4 is 10.6 Å². The summed E-state index contributed by atoms with van der Waals surface area (Å²) in [5, 5.41) is 15.1. The first-order chi connectivity index (χ1) is 9.69. The maximum atomic E-state index is 11.9. The van der Waals surface area contributed by atoms with Crippen molar-refractivity contribution >= 4 is 5.91 Å². The number of nitrogens with zero attached hydrogens (tertiary/aromatic N) is 2. The predicted octanol–water partition coefficient (Wildman–Crippen LogP) is 0.409. The van der Waals surface area contributed by atoms with Gasteiger partial charge >= 0.3 is 0 Å². The molecule has 0 spiro atoms. The lowest BCUT2D eigenvalue weighted by atomic mass is 10.1. The number of hydrogen-bond acceptors (Lipinski definition) is 4. The Morgan fingerprint density at radius 2 is 2.25 bits per heavy atom. The second kappa shape index (κ2) is 7.04. The van der Waals surface area contributed by atoms with Gasteiger partial charge < -0.3 is 10.6 Å². The monoisotopic (exact) mass is 272 g/mol. The first-order valence-electron chi connectivity index (χ1n) is 6.85. The Morgan fingerprint density at radius 3 is 2.95 bits per heavy atom. The minimum absolute atomic E-state index is 0.0345. The number of hydrogen-bond donors (Lipinski definition) is 2. The smallest absolute Gasteiger partial charge is 0.234 e. The number of piperazine rings is 1. The SMILES string of the molecule is Cc1ccc(CNC(=O)CN2CCNCC2C#N)cc1. The van der Waals surface area contributed by atoms with Gasteiger partial charge in [0.2, 0.25) is 5.91 Å². The fourth-order valence-corrected chi connectivity index (χ4v) is 2.21. The summed E-state index contributed by atoms with van der Waals surface area (Å²) in [5.74, 6) is -0.0345. The van der Waals surface area contributed by atoms with Crippen LogP contribution in [0.1, 0.15) is 11.1 Å². The van der Waals surface area contributed by atoms with Crippen LogP contribution in [0.2, 0.25) is 0 Å². The van der Waals surface area contributed by atoms with E-state index in [9.17, 15) is 4.79 Å². The van der Waals surface area contributed by atoms with Crippen LogP contribution in [0.5, 0.6) is 0 Å². The van der Waals surface area contributed by atoms with E-state index in [4.69, 9.17) is 5.26 Å². The van der Waals surface area contributed by atoms with Crippen molar-refractivity contribution in [3.63, 3.8) is 0 Å². The molecule has 2 N–H and O–H groups in total. The van der Waals surface area contributed by atoms with E-state index in [0.717, 1.165) is 18.7 Å². The van der Waals surface area contributed by atoms with Gasteiger partial charge in [-0.3, -0.25) is 9.69 Å². The maximum absolute atomic E-state index is 11.9. The van der Waals surface area contributed by atoms with E-state index >= 15 is 0 Å². The van der Waals surface area contributed by atoms with Gasteiger partial charge in [-0.15, -0.1) is 0 Å². The summed E-state index contributed by atoms with van der Waals surface area (Å²) in [5.41, 5.74) is 2.29. The van der Waals surface area contributed by atoms with Crippen molar-refractivity contribution in [2.75, 3.05) is 26.2 Å². The van der Waals surface area contributed by atoms with Crippen LogP contribution in [0, 0.1) is 18.3 Å². The highest BCUT2D eigenvalue weighted by Crippen LogP contribution is 2.04. The van der Waals surface area contributed by atoms with Crippen LogP contribution in [0.3, 0.4) is 0 Å². The molecule has 1 aliphatic heterocycles. The minimum atomic E-state index is -0.214. The van der Waals surface area contributed by atoms with E-state index in [0.29, 0.717) is 13.1 Å². The third kappa shape index (κ3) is 4.05. The number of benzene rings is 1. The number of rotatable bonds is 4. The van der Waals surface area contributed by atoms with E-state index in [2.05, 4.69) is 16.7 Å². The first kappa shape index (κ1) is 14.5. The maximum Gasteiger partial charge on any atom is 0.234 e. The molecule has 1 unspecified atom stereocenters. The van der Waals surface area contributed by atoms with Crippen LogP contribution in [-0.4, -0.2) is 43.0 Å². The van der Waals surface area contributed by atoms with Crippen molar-refractivity contribution in [1.82, 2.24) is 15.5 Å². The number of carbonyl (C=O) groups excluding carboxylic acids is 1. The molecule has 0 saturated carbocycles. The van der Waals surface area contributed by atoms with Gasteiger partial charge in [0.25, 0.3) is 0 Å². The summed E-state index contributed by atoms with van der Waals surface area (Å²) in [7, 11) is 0. The Balaban J connectivity index is 1.80. The second-order valence-electron chi connectivity index (χ2n) is 5.08. The number of nitrogens with one attached hydrogen (secondary N) is 2. The molecule has 5 heteroatoms. The Hall–Kier alpha value is -1.90. The molecule has 1 aromatic carbocycles. The molecule has 5 nitrogen and oxygen atoms in total. The van der Waals surface area contributed by atoms with Gasteiger partial charge in [0.1, 0.15) is 6.04 Å². The van der Waals surface area contributed by atoms with Gasteiger partial charge in [0.15, 0.2) is 0 Å². The number of amides is 1. The van der Waals surface area contributed by atoms with Gasteiger partial charge in [0.05, 0.1) is 12.6 Å². The fraction of sp³-hybridized carbons (Fsp3) is 0.467. The number of aryl methyl sites for hydroxylation is 1. The molecule has 1 saturated heterocycles. The molecular formula is C15H20N4O. The molecule has 20 heavy (non-hydrogen) atoms. The summed E-state index contributed by atoms with van der Waals surface area (Å²) in [6.07, 6.45) is 0. The number of nitriles is 1. The summed E-state index contributed by atoms with van der Waals surface area (Å²) in [6.45, 7) is 5.03. The minimum Gasteiger partial charge on any atom is -0.351 e. The normalized spacial score (nSPS) is 19.3. The van der Waals surface area contributed by atoms with E-state index in [-0.39, 0.29) is 18.5 Å². The van der Waals surface area contributed by atoms with E-state index in [1.165, 1.54) is 5.56 Å². The Labute approximate surface area is 119 Å². The third-order valence-electron chi connectivity index (χ3n) is 3.46. The lowest BCUT2D eigenvalue weighted by Crippen LogP contribution is -2.53. The molecule has 1 amide bonds. The third-order valence-corrected chi connectivity index (χ3v) is 3.46. The van der Waals surface area contributed by atoms with Crippen molar-refractivity contribution < 1.29 is 4.79 Å². The summed E-state index contributed by atoms with van der Waals surface area (Å²) in [4.78, 5) is 13.8. The largest absolute Gasteiger partial charge is 0.351 e. The van der Waals surface area contributed by atoms with Crippen molar-refractivity contribution in [3.8, 4) is 6.07 Å². The fourth-order valence-electron chi connectivity index (χ4n) is 2.21. The van der Waals surface area contributed by atoms with Crippen LogP contribution in [0.25, 0.3) is 0 Å². The summed E-state index contributed by atoms with van der Waals surface area (Å²) >= 11 is 0. The molecule has 1 aromatic rings. The van der Waals surface area contributed by atoms with Crippen molar-refractivity contribution in [2.45, 2.75) is 19.5 Å². The molecule has 106 valence electrons. The van der Waals surface area contributed by atoms with Crippen LogP contribution in [0.4, 0.5) is 0 Å². The van der Waals surface area contributed by atoms with E-state index in [1.54, 1.807) is 0 Å². The summed E-state index contributed by atoms with van der Waals surface area (Å²) in [6, 6.07) is 10.1. The first-order valence-corrected chi connectivity index (χ1v) is 6.85. The molecule has 1 aliphatic rings. The van der Waals surface area contributed by atoms with Gasteiger partial charge in [-0.2, -0.15) is 5.26 Å². The summed E-state index contributed by atoms with van der Waals surface area (Å²) < 4.78 is 0. The highest BCUT2D eigenvalue weighted by Gasteiger charge is 2.23. The van der Waals surface area contributed by atoms with E-state index in [1.807, 2.05) is 36.1 Å². The molecule has 0 aliphatic carbocycles. The van der Waals surface area contributed by atoms with Crippen LogP contribution >= 0.6 is 0 Å². The van der Waals surface area contributed by atoms with Gasteiger partial charge in [-0.1, -0.05) is 29.8 Å². The Morgan fingerprint density at radius 1 is 1.50 bits per heavy atom. The number of carbonyl (C=O) groups is 1. The molecule has 1 fully saturated rings. The zero-order valence-electron chi connectivity index (χ0n) is 11.7. The van der Waals surface area contributed by atoms with Crippen LogP contribution in [-0.2, 0) is 11.3 Å². The van der Waals surface area contributed by atoms with Crippen molar-refractivity contribution in [1.29, 1.82) is 5.26 Å². The molecule has 1 atom stereocenters. The van der Waals surface area contributed by atoms with Gasteiger partial charge in [0, 0.05) is 26.2 Å². The van der Waals surface area contributed by atoms with Crippen molar-refractivity contribution in [2.24, 2.45) is 0 Å². The zero-order chi connectivity index (χ0) is 14.4. The predicted molar refractivity (Wildman–Crippen MR) is 76.9 cm³/mol. The molecular weight excluding hydrogens is 252 g/mol. The molecule has 2 rings (SSSR count). The Kier molecular flexibility index (Phi) is 5.10. The Bertz CT molecular complexity index is 492. The standard InChI is InChI=1S/C15H20N4O/c1-12-2-4-13(5-3-12)9-18-15(20)11-19-7-6-17-10-14(19)8-16/h2-5,14,17H,6-7,9-11H2,1H3,(H,18,20). The average molecular weight is 272 g/mol. The van der Waals surface area contributed by atoms with Crippen LogP contribution in [0.15, 0.2) is 24.3 Å². The zero-order valence-corrected chi connectivity index (χ0v) is 11.7. The van der Waals surface area contributed by atoms with Crippen molar-refractivity contribution in [3.05, 3.63) is 35.4 Å². The lowest BCUT2D eigenvalue weighted by Gasteiger charge is -2.31. The highest BCUT2D eigenvalue weighted by molar-refractivity contribution is 5.78. The molecule has 0 aromatic heterocycles. The molecule has 0 bridgehead atoms. The van der Waals surface area contributed by atoms with Gasteiger partial charge in [-0.25, -0.2) is 0 Å². The topological polar surface area (TPSA) is 68.2 Å². The quantitative estimate of drug-likeness (QED) is 0.833. The van der Waals surface area contributed by atoms with E-state index < -0.39 is 0 Å². The highest BCUT2D eigenvalue weighted by atomic mass is 16.2. The lowest BCUT2D eigenvalue weighted by molar-refractivity contribution is -0.122.